The summed E-state index contributed by atoms with van der Waals surface area (Å²) < 4.78 is 7.36. The molecule has 3 aliphatic rings. The van der Waals surface area contributed by atoms with Crippen molar-refractivity contribution in [2.45, 2.75) is 51.6 Å². The zero-order valence-electron chi connectivity index (χ0n) is 18.2. The van der Waals surface area contributed by atoms with Crippen LogP contribution in [0, 0.1) is 12.8 Å². The van der Waals surface area contributed by atoms with Gasteiger partial charge in [-0.3, -0.25) is 19.3 Å². The fourth-order valence-electron chi connectivity index (χ4n) is 4.80. The minimum Gasteiger partial charge on any atom is -0.379 e. The number of likely N-dealkylation sites (tertiary alicyclic amines) is 1. The van der Waals surface area contributed by atoms with Crippen LogP contribution in [0.2, 0.25) is 0 Å². The van der Waals surface area contributed by atoms with E-state index in [1.165, 1.54) is 12.0 Å². The van der Waals surface area contributed by atoms with Crippen molar-refractivity contribution in [3.8, 4) is 0 Å². The highest BCUT2D eigenvalue weighted by molar-refractivity contribution is 5.81. The number of amides is 1. The van der Waals surface area contributed by atoms with Gasteiger partial charge in [-0.15, -0.1) is 0 Å². The Labute approximate surface area is 175 Å². The van der Waals surface area contributed by atoms with E-state index in [0.29, 0.717) is 17.9 Å². The molecule has 0 spiro atoms. The van der Waals surface area contributed by atoms with E-state index in [1.807, 2.05) is 11.7 Å². The minimum absolute atomic E-state index is 0.300. The average molecular weight is 404 g/mol. The molecule has 1 unspecified atom stereocenters. The summed E-state index contributed by atoms with van der Waals surface area (Å²) >= 11 is 0. The van der Waals surface area contributed by atoms with Gasteiger partial charge in [-0.1, -0.05) is 0 Å². The summed E-state index contributed by atoms with van der Waals surface area (Å²) in [6, 6.07) is 0.360. The molecule has 0 N–H and O–H groups in total. The molecule has 2 saturated heterocycles. The van der Waals surface area contributed by atoms with Crippen molar-refractivity contribution >= 4 is 5.91 Å². The highest BCUT2D eigenvalue weighted by Crippen LogP contribution is 2.33. The highest BCUT2D eigenvalue weighted by Gasteiger charge is 2.37. The van der Waals surface area contributed by atoms with Crippen molar-refractivity contribution in [3.63, 3.8) is 0 Å². The van der Waals surface area contributed by atoms with Gasteiger partial charge in [0.2, 0.25) is 5.91 Å². The van der Waals surface area contributed by atoms with Crippen LogP contribution >= 0.6 is 0 Å². The van der Waals surface area contributed by atoms with Crippen LogP contribution in [0.15, 0.2) is 6.20 Å². The second kappa shape index (κ2) is 9.58. The molecule has 2 aliphatic heterocycles. The Morgan fingerprint density at radius 1 is 1.21 bits per heavy atom. The number of aryl methyl sites for hydroxylation is 2. The first kappa shape index (κ1) is 20.8. The Kier molecular flexibility index (Phi) is 6.88. The lowest BCUT2D eigenvalue weighted by Crippen LogP contribution is -2.51. The van der Waals surface area contributed by atoms with Gasteiger partial charge in [-0.2, -0.15) is 5.10 Å². The molecule has 1 atom stereocenters. The Balaban J connectivity index is 1.34. The van der Waals surface area contributed by atoms with Gasteiger partial charge < -0.3 is 9.64 Å². The zero-order chi connectivity index (χ0) is 20.2. The molecule has 1 saturated carbocycles. The number of morpholine rings is 1. The summed E-state index contributed by atoms with van der Waals surface area (Å²) in [5.74, 6) is 0.714. The third kappa shape index (κ3) is 5.58. The van der Waals surface area contributed by atoms with Crippen LogP contribution in [-0.4, -0.2) is 88.9 Å². The maximum Gasteiger partial charge on any atom is 0.225 e. The van der Waals surface area contributed by atoms with E-state index in [1.54, 1.807) is 0 Å². The molecule has 7 heteroatoms. The smallest absolute Gasteiger partial charge is 0.225 e. The summed E-state index contributed by atoms with van der Waals surface area (Å²) in [6.07, 6.45) is 7.68. The van der Waals surface area contributed by atoms with Crippen LogP contribution in [-0.2, 0) is 23.1 Å². The summed E-state index contributed by atoms with van der Waals surface area (Å²) in [4.78, 5) is 20.3. The van der Waals surface area contributed by atoms with E-state index in [-0.39, 0.29) is 0 Å². The number of aromatic nitrogens is 2. The second-order valence-corrected chi connectivity index (χ2v) is 9.06. The van der Waals surface area contributed by atoms with E-state index < -0.39 is 0 Å². The van der Waals surface area contributed by atoms with E-state index in [0.717, 1.165) is 90.4 Å². The van der Waals surface area contributed by atoms with Crippen LogP contribution in [0.4, 0.5) is 0 Å². The second-order valence-electron chi connectivity index (χ2n) is 9.06. The number of carbonyl (C=O) groups is 1. The van der Waals surface area contributed by atoms with Crippen molar-refractivity contribution in [3.05, 3.63) is 17.5 Å². The fourth-order valence-corrected chi connectivity index (χ4v) is 4.80. The van der Waals surface area contributed by atoms with Gasteiger partial charge in [0, 0.05) is 70.0 Å². The molecule has 1 aromatic heterocycles. The third-order valence-electron chi connectivity index (χ3n) is 6.62. The highest BCUT2D eigenvalue weighted by atomic mass is 16.5. The zero-order valence-corrected chi connectivity index (χ0v) is 18.2. The topological polar surface area (TPSA) is 53.8 Å². The van der Waals surface area contributed by atoms with Gasteiger partial charge in [-0.25, -0.2) is 0 Å². The lowest BCUT2D eigenvalue weighted by Gasteiger charge is -2.40. The molecule has 1 aromatic rings. The monoisotopic (exact) mass is 403 g/mol. The summed E-state index contributed by atoms with van der Waals surface area (Å²) in [6.45, 7) is 10.8. The van der Waals surface area contributed by atoms with E-state index in [4.69, 9.17) is 4.74 Å². The van der Waals surface area contributed by atoms with Crippen molar-refractivity contribution in [2.24, 2.45) is 13.0 Å². The molecule has 29 heavy (non-hydrogen) atoms. The van der Waals surface area contributed by atoms with Gasteiger partial charge in [0.15, 0.2) is 0 Å². The minimum atomic E-state index is 0.300. The van der Waals surface area contributed by atoms with E-state index in [2.05, 4.69) is 32.9 Å². The van der Waals surface area contributed by atoms with Crippen molar-refractivity contribution < 1.29 is 9.53 Å². The Hall–Kier alpha value is -1.44. The van der Waals surface area contributed by atoms with Crippen LogP contribution in [0.3, 0.4) is 0 Å². The molecule has 0 aromatic carbocycles. The molecular formula is C22H37N5O2. The molecule has 3 heterocycles. The van der Waals surface area contributed by atoms with E-state index >= 15 is 0 Å². The molecule has 0 radical (unpaired) electrons. The number of ether oxygens (including phenoxy) is 1. The van der Waals surface area contributed by atoms with Gasteiger partial charge in [-0.05, 0) is 45.6 Å². The Bertz CT molecular complexity index is 681. The van der Waals surface area contributed by atoms with Gasteiger partial charge in [0.25, 0.3) is 0 Å². The van der Waals surface area contributed by atoms with Crippen molar-refractivity contribution in [2.75, 3.05) is 52.5 Å². The summed E-state index contributed by atoms with van der Waals surface area (Å²) in [5, 5.41) is 4.49. The average Bonchev–Trinajstić information content (AvgIpc) is 3.52. The van der Waals surface area contributed by atoms with Gasteiger partial charge >= 0.3 is 0 Å². The van der Waals surface area contributed by atoms with Crippen LogP contribution in [0.1, 0.15) is 43.4 Å². The Morgan fingerprint density at radius 2 is 2.00 bits per heavy atom. The van der Waals surface area contributed by atoms with E-state index in [9.17, 15) is 4.79 Å². The number of carbonyl (C=O) groups excluding carboxylic acids is 1. The lowest BCUT2D eigenvalue weighted by molar-refractivity contribution is -0.136. The maximum atomic E-state index is 13.1. The normalized spacial score (nSPS) is 24.0. The summed E-state index contributed by atoms with van der Waals surface area (Å²) in [5.41, 5.74) is 2.42. The quantitative estimate of drug-likeness (QED) is 0.661. The number of hydrogen-bond donors (Lipinski definition) is 0. The van der Waals surface area contributed by atoms with Crippen LogP contribution < -0.4 is 0 Å². The number of piperidine rings is 1. The standard InChI is InChI=1S/C22H37N5O2/c1-18-20(15-24(2)23-18)16-26-8-3-5-21(17-26)27(22(28)19-6-7-19)10-4-9-25-11-13-29-14-12-25/h15,19,21H,3-14,16-17H2,1-2H3. The van der Waals surface area contributed by atoms with Crippen LogP contribution in [0.25, 0.3) is 0 Å². The molecule has 4 rings (SSSR count). The predicted octanol–water partition coefficient (Wildman–Crippen LogP) is 1.65. The van der Waals surface area contributed by atoms with Gasteiger partial charge in [0.1, 0.15) is 0 Å². The van der Waals surface area contributed by atoms with Gasteiger partial charge in [0.05, 0.1) is 18.9 Å². The molecule has 162 valence electrons. The molecule has 0 bridgehead atoms. The number of hydrogen-bond acceptors (Lipinski definition) is 5. The first-order chi connectivity index (χ1) is 14.1. The van der Waals surface area contributed by atoms with Crippen molar-refractivity contribution in [1.82, 2.24) is 24.5 Å². The maximum absolute atomic E-state index is 13.1. The summed E-state index contributed by atoms with van der Waals surface area (Å²) in [7, 11) is 1.99. The number of nitrogens with zero attached hydrogens (tertiary/aromatic N) is 5. The molecule has 7 nitrogen and oxygen atoms in total. The van der Waals surface area contributed by atoms with Crippen molar-refractivity contribution in [1.29, 1.82) is 0 Å². The SMILES string of the molecule is Cc1nn(C)cc1CN1CCCC(N(CCCN2CCOCC2)C(=O)C2CC2)C1. The Morgan fingerprint density at radius 3 is 2.69 bits per heavy atom. The predicted molar refractivity (Wildman–Crippen MR) is 113 cm³/mol. The fraction of sp³-hybridized carbons (Fsp3) is 0.818. The molecular weight excluding hydrogens is 366 g/mol. The van der Waals surface area contributed by atoms with Crippen LogP contribution in [0.5, 0.6) is 0 Å². The molecule has 1 aliphatic carbocycles. The number of rotatable bonds is 8. The largest absolute Gasteiger partial charge is 0.379 e. The molecule has 1 amide bonds. The molecule has 3 fully saturated rings. The first-order valence-electron chi connectivity index (χ1n) is 11.4. The third-order valence-corrected chi connectivity index (χ3v) is 6.62. The first-order valence-corrected chi connectivity index (χ1v) is 11.4. The lowest BCUT2D eigenvalue weighted by atomic mass is 10.0.